The zero-order chi connectivity index (χ0) is 14.5. The van der Waals surface area contributed by atoms with E-state index in [1.807, 2.05) is 0 Å². The maximum absolute atomic E-state index is 12.3. The number of nitrogen functional groups attached to an aromatic ring is 1. The van der Waals surface area contributed by atoms with Gasteiger partial charge in [0.2, 0.25) is 0 Å². The van der Waals surface area contributed by atoms with Crippen LogP contribution in [0.5, 0.6) is 0 Å². The molecule has 108 valence electrons. The van der Waals surface area contributed by atoms with Gasteiger partial charge in [-0.2, -0.15) is 0 Å². The number of rotatable bonds is 3. The summed E-state index contributed by atoms with van der Waals surface area (Å²) >= 11 is 0. The van der Waals surface area contributed by atoms with Crippen molar-refractivity contribution < 1.29 is 14.3 Å². The minimum absolute atomic E-state index is 0.189. The van der Waals surface area contributed by atoms with Crippen molar-refractivity contribution in [1.82, 2.24) is 9.88 Å². The molecule has 0 spiro atoms. The number of anilines is 1. The molecule has 0 radical (unpaired) electrons. The van der Waals surface area contributed by atoms with Crippen molar-refractivity contribution in [2.45, 2.75) is 19.8 Å². The normalized spacial score (nSPS) is 18.6. The Hall–Kier alpha value is -2.11. The largest absolute Gasteiger partial charge is 0.466 e. The summed E-state index contributed by atoms with van der Waals surface area (Å²) in [5.74, 6) is -0.662. The van der Waals surface area contributed by atoms with Gasteiger partial charge in [-0.25, -0.2) is 0 Å². The lowest BCUT2D eigenvalue weighted by Gasteiger charge is -2.31. The fourth-order valence-corrected chi connectivity index (χ4v) is 2.34. The number of carbonyl (C=O) groups excluding carboxylic acids is 2. The number of aromatic nitrogens is 1. The van der Waals surface area contributed by atoms with Crippen LogP contribution in [0, 0.1) is 5.92 Å². The molecule has 1 aliphatic rings. The molecule has 2 rings (SSSR count). The Labute approximate surface area is 117 Å². The summed E-state index contributed by atoms with van der Waals surface area (Å²) in [6.07, 6.45) is 3.06. The predicted octanol–water partition coefficient (Wildman–Crippen LogP) is 1.08. The molecule has 0 aliphatic carbocycles. The van der Waals surface area contributed by atoms with Gasteiger partial charge >= 0.3 is 5.97 Å². The van der Waals surface area contributed by atoms with Gasteiger partial charge in [0.15, 0.2) is 0 Å². The molecule has 2 N–H and O–H groups in total. The molecule has 1 aromatic heterocycles. The van der Waals surface area contributed by atoms with Crippen LogP contribution in [0.4, 0.5) is 5.69 Å². The molecule has 6 heteroatoms. The number of pyridine rings is 1. The molecule has 1 aromatic rings. The van der Waals surface area contributed by atoms with Crippen molar-refractivity contribution in [1.29, 1.82) is 0 Å². The average molecular weight is 277 g/mol. The van der Waals surface area contributed by atoms with Crippen molar-refractivity contribution in [3.63, 3.8) is 0 Å². The maximum Gasteiger partial charge on any atom is 0.310 e. The van der Waals surface area contributed by atoms with Crippen LogP contribution in [-0.2, 0) is 9.53 Å². The first-order valence-electron chi connectivity index (χ1n) is 6.79. The van der Waals surface area contributed by atoms with Crippen LogP contribution in [-0.4, -0.2) is 41.5 Å². The third-order valence-corrected chi connectivity index (χ3v) is 3.33. The molecule has 0 bridgehead atoms. The van der Waals surface area contributed by atoms with Gasteiger partial charge in [0.25, 0.3) is 5.91 Å². The Morgan fingerprint density at radius 3 is 3.05 bits per heavy atom. The standard InChI is InChI=1S/C14H19N3O3/c1-2-20-14(19)10-4-3-7-17(9-10)13(18)12-8-11(15)5-6-16-12/h5-6,8,10H,2-4,7,9H2,1H3,(H2,15,16)/t10-/m1/s1. The molecule has 1 fully saturated rings. The van der Waals surface area contributed by atoms with Crippen molar-refractivity contribution in [2.24, 2.45) is 5.92 Å². The number of esters is 1. The van der Waals surface area contributed by atoms with E-state index in [0.29, 0.717) is 31.1 Å². The topological polar surface area (TPSA) is 85.5 Å². The highest BCUT2D eigenvalue weighted by Crippen LogP contribution is 2.19. The Morgan fingerprint density at radius 1 is 1.55 bits per heavy atom. The van der Waals surface area contributed by atoms with Crippen LogP contribution in [0.3, 0.4) is 0 Å². The summed E-state index contributed by atoms with van der Waals surface area (Å²) in [7, 11) is 0. The second-order valence-electron chi connectivity index (χ2n) is 4.82. The number of hydrogen-bond acceptors (Lipinski definition) is 5. The number of carbonyl (C=O) groups is 2. The number of hydrogen-bond donors (Lipinski definition) is 1. The zero-order valence-corrected chi connectivity index (χ0v) is 11.5. The third kappa shape index (κ3) is 3.26. The van der Waals surface area contributed by atoms with Gasteiger partial charge in [-0.05, 0) is 31.9 Å². The predicted molar refractivity (Wildman–Crippen MR) is 73.9 cm³/mol. The molecule has 1 amide bonds. The first-order valence-corrected chi connectivity index (χ1v) is 6.79. The first-order chi connectivity index (χ1) is 9.61. The van der Waals surface area contributed by atoms with Gasteiger partial charge in [0, 0.05) is 25.0 Å². The number of nitrogens with two attached hydrogens (primary N) is 1. The minimum atomic E-state index is -0.242. The lowest BCUT2D eigenvalue weighted by Crippen LogP contribution is -2.43. The van der Waals surface area contributed by atoms with E-state index in [9.17, 15) is 9.59 Å². The van der Waals surface area contributed by atoms with Gasteiger partial charge in [-0.15, -0.1) is 0 Å². The average Bonchev–Trinajstić information content (AvgIpc) is 2.47. The number of ether oxygens (including phenoxy) is 1. The zero-order valence-electron chi connectivity index (χ0n) is 11.5. The smallest absolute Gasteiger partial charge is 0.310 e. The molecule has 0 saturated carbocycles. The summed E-state index contributed by atoms with van der Waals surface area (Å²) in [4.78, 5) is 29.8. The van der Waals surface area contributed by atoms with Crippen LogP contribution in [0.15, 0.2) is 18.3 Å². The third-order valence-electron chi connectivity index (χ3n) is 3.33. The quantitative estimate of drug-likeness (QED) is 0.835. The molecule has 1 aliphatic heterocycles. The second kappa shape index (κ2) is 6.36. The number of amides is 1. The number of nitrogens with zero attached hydrogens (tertiary/aromatic N) is 2. The molecule has 6 nitrogen and oxygen atoms in total. The minimum Gasteiger partial charge on any atom is -0.466 e. The van der Waals surface area contributed by atoms with Gasteiger partial charge in [-0.1, -0.05) is 0 Å². The number of piperidine rings is 1. The van der Waals surface area contributed by atoms with Gasteiger partial charge in [0.05, 0.1) is 12.5 Å². The van der Waals surface area contributed by atoms with E-state index < -0.39 is 0 Å². The van der Waals surface area contributed by atoms with E-state index >= 15 is 0 Å². The summed E-state index contributed by atoms with van der Waals surface area (Å²) in [5.41, 5.74) is 6.47. The van der Waals surface area contributed by atoms with Crippen molar-refractivity contribution in [2.75, 3.05) is 25.4 Å². The molecule has 1 saturated heterocycles. The van der Waals surface area contributed by atoms with Crippen LogP contribution < -0.4 is 5.73 Å². The summed E-state index contributed by atoms with van der Waals surface area (Å²) in [6, 6.07) is 3.19. The molecule has 20 heavy (non-hydrogen) atoms. The summed E-state index contributed by atoms with van der Waals surface area (Å²) < 4.78 is 5.02. The van der Waals surface area contributed by atoms with Gasteiger partial charge in [0.1, 0.15) is 5.69 Å². The van der Waals surface area contributed by atoms with Crippen LogP contribution in [0.2, 0.25) is 0 Å². The first kappa shape index (κ1) is 14.3. The lowest BCUT2D eigenvalue weighted by molar-refractivity contribution is -0.149. The SMILES string of the molecule is CCOC(=O)[C@@H]1CCCN(C(=O)c2cc(N)ccn2)C1. The second-order valence-corrected chi connectivity index (χ2v) is 4.82. The Kier molecular flexibility index (Phi) is 4.55. The highest BCUT2D eigenvalue weighted by molar-refractivity contribution is 5.93. The molecular weight excluding hydrogens is 258 g/mol. The van der Waals surface area contributed by atoms with Crippen molar-refractivity contribution in [3.05, 3.63) is 24.0 Å². The van der Waals surface area contributed by atoms with E-state index in [0.717, 1.165) is 12.8 Å². The van der Waals surface area contributed by atoms with Crippen LogP contribution >= 0.6 is 0 Å². The molecule has 1 atom stereocenters. The van der Waals surface area contributed by atoms with Gasteiger partial charge < -0.3 is 15.4 Å². The Morgan fingerprint density at radius 2 is 2.35 bits per heavy atom. The van der Waals surface area contributed by atoms with E-state index in [-0.39, 0.29) is 17.8 Å². The maximum atomic E-state index is 12.3. The monoisotopic (exact) mass is 277 g/mol. The van der Waals surface area contributed by atoms with E-state index in [1.165, 1.54) is 6.20 Å². The summed E-state index contributed by atoms with van der Waals surface area (Å²) in [6.45, 7) is 3.15. The molecule has 0 aromatic carbocycles. The van der Waals surface area contributed by atoms with E-state index in [2.05, 4.69) is 4.98 Å². The Balaban J connectivity index is 2.05. The van der Waals surface area contributed by atoms with E-state index in [1.54, 1.807) is 24.0 Å². The lowest BCUT2D eigenvalue weighted by atomic mass is 9.98. The van der Waals surface area contributed by atoms with E-state index in [4.69, 9.17) is 10.5 Å². The van der Waals surface area contributed by atoms with Crippen molar-refractivity contribution in [3.8, 4) is 0 Å². The molecule has 0 unspecified atom stereocenters. The summed E-state index contributed by atoms with van der Waals surface area (Å²) in [5, 5.41) is 0. The highest BCUT2D eigenvalue weighted by atomic mass is 16.5. The number of likely N-dealkylation sites (tertiary alicyclic amines) is 1. The fraction of sp³-hybridized carbons (Fsp3) is 0.500. The van der Waals surface area contributed by atoms with Gasteiger partial charge in [-0.3, -0.25) is 14.6 Å². The fourth-order valence-electron chi connectivity index (χ4n) is 2.34. The van der Waals surface area contributed by atoms with Crippen LogP contribution in [0.25, 0.3) is 0 Å². The molecule has 2 heterocycles. The molecular formula is C14H19N3O3. The van der Waals surface area contributed by atoms with Crippen molar-refractivity contribution >= 4 is 17.6 Å². The van der Waals surface area contributed by atoms with Crippen LogP contribution in [0.1, 0.15) is 30.3 Å². The highest BCUT2D eigenvalue weighted by Gasteiger charge is 2.30. The Bertz CT molecular complexity index is 504.